The van der Waals surface area contributed by atoms with E-state index < -0.39 is 55.0 Å². The fraction of sp³-hybridized carbons (Fsp3) is 0.467. The second-order valence-electron chi connectivity index (χ2n) is 6.02. The maximum Gasteiger partial charge on any atom is 0.635 e. The van der Waals surface area contributed by atoms with Crippen LogP contribution in [0.5, 0.6) is 0 Å². The lowest BCUT2D eigenvalue weighted by atomic mass is 10.1. The van der Waals surface area contributed by atoms with Crippen LogP contribution in [0, 0.1) is 11.7 Å². The van der Waals surface area contributed by atoms with Crippen molar-refractivity contribution in [1.82, 2.24) is 10.6 Å². The van der Waals surface area contributed by atoms with Crippen LogP contribution in [0.4, 0.5) is 17.6 Å². The van der Waals surface area contributed by atoms with Gasteiger partial charge in [-0.15, -0.1) is 0 Å². The predicted molar refractivity (Wildman–Crippen MR) is 86.4 cm³/mol. The molecule has 1 aromatic carbocycles. The Kier molecular flexibility index (Phi) is 8.19. The largest absolute Gasteiger partial charge is 0.635 e. The fourth-order valence-electron chi connectivity index (χ4n) is 2.09. The number of hydrogen-bond acceptors (Lipinski definition) is 5. The molecule has 0 aliphatic rings. The summed E-state index contributed by atoms with van der Waals surface area (Å²) in [4.78, 5) is 23.7. The highest BCUT2D eigenvalue weighted by Gasteiger charge is 2.32. The van der Waals surface area contributed by atoms with Gasteiger partial charge in [0.1, 0.15) is 12.0 Å². The van der Waals surface area contributed by atoms with E-state index in [4.69, 9.17) is 10.0 Å². The van der Waals surface area contributed by atoms with Crippen LogP contribution in [0.25, 0.3) is 0 Å². The van der Waals surface area contributed by atoms with E-state index in [1.54, 1.807) is 13.8 Å². The van der Waals surface area contributed by atoms with Gasteiger partial charge < -0.3 is 25.3 Å². The Hall–Kier alpha value is -2.18. The van der Waals surface area contributed by atoms with Crippen molar-refractivity contribution in [3.8, 4) is 0 Å². The molecule has 0 saturated carbocycles. The number of rotatable bonds is 8. The molecule has 7 nitrogen and oxygen atoms in total. The summed E-state index contributed by atoms with van der Waals surface area (Å²) in [6, 6.07) is 1.34. The highest BCUT2D eigenvalue weighted by atomic mass is 19.4. The maximum atomic E-state index is 13.6. The number of carbonyl (C=O) groups excluding carboxylic acids is 2. The van der Waals surface area contributed by atoms with Gasteiger partial charge in [0.2, 0.25) is 5.91 Å². The van der Waals surface area contributed by atoms with Gasteiger partial charge in [-0.05, 0) is 30.5 Å². The zero-order valence-electron chi connectivity index (χ0n) is 14.5. The molecule has 4 N–H and O–H groups in total. The van der Waals surface area contributed by atoms with Gasteiger partial charge >= 0.3 is 13.5 Å². The first-order chi connectivity index (χ1) is 12.4. The van der Waals surface area contributed by atoms with Crippen molar-refractivity contribution in [3.63, 3.8) is 0 Å². The summed E-state index contributed by atoms with van der Waals surface area (Å²) in [5.41, 5.74) is -2.07. The molecule has 0 saturated heterocycles. The van der Waals surface area contributed by atoms with Crippen LogP contribution in [-0.2, 0) is 15.6 Å². The lowest BCUT2D eigenvalue weighted by Gasteiger charge is -2.21. The van der Waals surface area contributed by atoms with Gasteiger partial charge in [0, 0.05) is 0 Å². The van der Waals surface area contributed by atoms with E-state index in [1.165, 1.54) is 0 Å². The van der Waals surface area contributed by atoms with Gasteiger partial charge in [0.05, 0.1) is 17.7 Å². The van der Waals surface area contributed by atoms with Crippen LogP contribution < -0.4 is 10.6 Å². The molecular formula is C15H19BF4N2O5. The third-order valence-electron chi connectivity index (χ3n) is 3.24. The Morgan fingerprint density at radius 3 is 2.41 bits per heavy atom. The first kappa shape index (κ1) is 22.9. The Balaban J connectivity index is 2.71. The molecular weight excluding hydrogens is 375 g/mol. The quantitative estimate of drug-likeness (QED) is 0.300. The van der Waals surface area contributed by atoms with Crippen molar-refractivity contribution >= 4 is 19.1 Å². The Morgan fingerprint density at radius 1 is 1.26 bits per heavy atom. The van der Waals surface area contributed by atoms with Gasteiger partial charge in [0.15, 0.2) is 0 Å². The first-order valence-electron chi connectivity index (χ1n) is 7.86. The van der Waals surface area contributed by atoms with Crippen molar-refractivity contribution in [3.05, 3.63) is 35.1 Å². The van der Waals surface area contributed by atoms with Crippen LogP contribution >= 0.6 is 0 Å². The van der Waals surface area contributed by atoms with Gasteiger partial charge in [-0.3, -0.25) is 9.59 Å². The van der Waals surface area contributed by atoms with E-state index >= 15 is 0 Å². The predicted octanol–water partition coefficient (Wildman–Crippen LogP) is 1.05. The lowest BCUT2D eigenvalue weighted by molar-refractivity contribution is -0.137. The zero-order valence-corrected chi connectivity index (χ0v) is 14.5. The van der Waals surface area contributed by atoms with Gasteiger partial charge in [-0.2, -0.15) is 13.2 Å². The third kappa shape index (κ3) is 7.93. The van der Waals surface area contributed by atoms with Crippen molar-refractivity contribution in [2.75, 3.05) is 6.54 Å². The number of alkyl halides is 3. The molecule has 1 atom stereocenters. The summed E-state index contributed by atoms with van der Waals surface area (Å²) in [7, 11) is -2.14. The van der Waals surface area contributed by atoms with Crippen molar-refractivity contribution in [1.29, 1.82) is 0 Å². The van der Waals surface area contributed by atoms with Crippen LogP contribution in [-0.4, -0.2) is 42.0 Å². The lowest BCUT2D eigenvalue weighted by Crippen LogP contribution is -2.46. The van der Waals surface area contributed by atoms with Crippen molar-refractivity contribution < 1.29 is 41.9 Å². The van der Waals surface area contributed by atoms with Gasteiger partial charge in [-0.1, -0.05) is 13.8 Å². The molecule has 1 rings (SSSR count). The average Bonchev–Trinajstić information content (AvgIpc) is 2.50. The van der Waals surface area contributed by atoms with Crippen molar-refractivity contribution in [2.24, 2.45) is 5.92 Å². The van der Waals surface area contributed by atoms with Crippen LogP contribution in [0.3, 0.4) is 0 Å². The molecule has 0 aliphatic heterocycles. The Morgan fingerprint density at radius 2 is 1.89 bits per heavy atom. The Labute approximate surface area is 152 Å². The molecule has 0 unspecified atom stereocenters. The highest BCUT2D eigenvalue weighted by Crippen LogP contribution is 2.30. The molecule has 0 heterocycles. The second-order valence-corrected chi connectivity index (χ2v) is 6.02. The third-order valence-corrected chi connectivity index (χ3v) is 3.24. The molecule has 1 aromatic rings. The average molecular weight is 394 g/mol. The smallest absolute Gasteiger partial charge is 0.402 e. The monoisotopic (exact) mass is 394 g/mol. The summed E-state index contributed by atoms with van der Waals surface area (Å²) >= 11 is 0. The number of carbonyl (C=O) groups is 2. The highest BCUT2D eigenvalue weighted by molar-refractivity contribution is 6.32. The van der Waals surface area contributed by atoms with E-state index in [-0.39, 0.29) is 12.3 Å². The van der Waals surface area contributed by atoms with E-state index in [1.807, 2.05) is 5.32 Å². The zero-order chi connectivity index (χ0) is 20.8. The topological polar surface area (TPSA) is 108 Å². The summed E-state index contributed by atoms with van der Waals surface area (Å²) in [6.07, 6.45) is -5.61. The van der Waals surface area contributed by atoms with Gasteiger partial charge in [0.25, 0.3) is 5.91 Å². The summed E-state index contributed by atoms with van der Waals surface area (Å²) in [5.74, 6) is -3.19. The molecule has 0 fully saturated rings. The molecule has 0 spiro atoms. The first-order valence-corrected chi connectivity index (χ1v) is 7.86. The normalized spacial score (nSPS) is 12.6. The standard InChI is InChI=1S/C15H19BF4N2O5/c1-8(2)5-13(27-16(25)26)22-12(23)7-21-14(24)10-6-9(15(18,19)20)3-4-11(10)17/h3-4,6,8,13,25-26H,5,7H2,1-2H3,(H,21,24)(H,22,23)/t13-/m1/s1. The SMILES string of the molecule is CC(C)C[C@H](NC(=O)CNC(=O)c1cc(C(F)(F)F)ccc1F)OB(O)O. The number of nitrogens with one attached hydrogen (secondary N) is 2. The maximum absolute atomic E-state index is 13.6. The number of amides is 2. The minimum atomic E-state index is -4.76. The van der Waals surface area contributed by atoms with Crippen molar-refractivity contribution in [2.45, 2.75) is 32.7 Å². The van der Waals surface area contributed by atoms with Crippen LogP contribution in [0.2, 0.25) is 0 Å². The minimum Gasteiger partial charge on any atom is -0.402 e. The molecule has 2 amide bonds. The summed E-state index contributed by atoms with van der Waals surface area (Å²) in [6.45, 7) is 2.88. The van der Waals surface area contributed by atoms with E-state index in [2.05, 4.69) is 9.97 Å². The summed E-state index contributed by atoms with van der Waals surface area (Å²) < 4.78 is 56.3. The number of benzene rings is 1. The number of halogens is 4. The van der Waals surface area contributed by atoms with Gasteiger partial charge in [-0.25, -0.2) is 4.39 Å². The number of hydrogen-bond donors (Lipinski definition) is 4. The second kappa shape index (κ2) is 9.67. The summed E-state index contributed by atoms with van der Waals surface area (Å²) in [5, 5.41) is 21.9. The molecule has 12 heteroatoms. The molecule has 0 aliphatic carbocycles. The van der Waals surface area contributed by atoms with Crippen LogP contribution in [0.15, 0.2) is 18.2 Å². The van der Waals surface area contributed by atoms with E-state index in [9.17, 15) is 27.2 Å². The Bertz CT molecular complexity index is 660. The fourth-order valence-corrected chi connectivity index (χ4v) is 2.09. The molecule has 27 heavy (non-hydrogen) atoms. The molecule has 0 aromatic heterocycles. The molecule has 0 radical (unpaired) electrons. The molecule has 150 valence electrons. The minimum absolute atomic E-state index is 0.0165. The van der Waals surface area contributed by atoms with Crippen LogP contribution in [0.1, 0.15) is 36.2 Å². The van der Waals surface area contributed by atoms with E-state index in [0.29, 0.717) is 18.2 Å². The molecule has 0 bridgehead atoms. The van der Waals surface area contributed by atoms with E-state index in [0.717, 1.165) is 0 Å².